The Morgan fingerprint density at radius 1 is 1.20 bits per heavy atom. The molecule has 0 saturated carbocycles. The van der Waals surface area contributed by atoms with Crippen molar-refractivity contribution in [2.24, 2.45) is 0 Å². The minimum Gasteiger partial charge on any atom is -0.481 e. The molecule has 0 aliphatic rings. The molecule has 1 unspecified atom stereocenters. The number of amides is 1. The van der Waals surface area contributed by atoms with Crippen LogP contribution in [0.2, 0.25) is 0 Å². The van der Waals surface area contributed by atoms with Gasteiger partial charge in [-0.3, -0.25) is 10.1 Å². The van der Waals surface area contributed by atoms with E-state index in [9.17, 15) is 4.79 Å². The van der Waals surface area contributed by atoms with E-state index in [0.717, 1.165) is 11.3 Å². The van der Waals surface area contributed by atoms with E-state index in [1.165, 1.54) is 11.3 Å². The third kappa shape index (κ3) is 4.22. The fraction of sp³-hybridized carbons (Fsp3) is 0.105. The highest BCUT2D eigenvalue weighted by atomic mass is 32.1. The average Bonchev–Trinajstić information content (AvgIpc) is 3.11. The van der Waals surface area contributed by atoms with Gasteiger partial charge in [-0.15, -0.1) is 11.3 Å². The summed E-state index contributed by atoms with van der Waals surface area (Å²) in [4.78, 5) is 16.7. The molecule has 1 heterocycles. The van der Waals surface area contributed by atoms with Crippen LogP contribution >= 0.6 is 11.3 Å². The van der Waals surface area contributed by atoms with Gasteiger partial charge >= 0.3 is 0 Å². The van der Waals surface area contributed by atoms with Crippen LogP contribution in [0.15, 0.2) is 60.0 Å². The number of ether oxygens (including phenoxy) is 1. The van der Waals surface area contributed by atoms with Crippen molar-refractivity contribution in [2.75, 3.05) is 5.32 Å². The Morgan fingerprint density at radius 2 is 1.92 bits per heavy atom. The lowest BCUT2D eigenvalue weighted by molar-refractivity contribution is -0.122. The number of nitrogens with one attached hydrogen (secondary N) is 1. The van der Waals surface area contributed by atoms with E-state index in [0.29, 0.717) is 16.4 Å². The lowest BCUT2D eigenvalue weighted by Gasteiger charge is -2.13. The molecular formula is C19H15N3O2S. The molecule has 25 heavy (non-hydrogen) atoms. The Morgan fingerprint density at radius 3 is 2.60 bits per heavy atom. The first-order valence-electron chi connectivity index (χ1n) is 7.64. The quantitative estimate of drug-likeness (QED) is 0.753. The number of nitriles is 1. The lowest BCUT2D eigenvalue weighted by Crippen LogP contribution is -2.30. The van der Waals surface area contributed by atoms with E-state index < -0.39 is 6.10 Å². The molecule has 0 bridgehead atoms. The van der Waals surface area contributed by atoms with Crippen LogP contribution in [0.5, 0.6) is 5.75 Å². The number of thiazole rings is 1. The van der Waals surface area contributed by atoms with Gasteiger partial charge in [0.15, 0.2) is 11.2 Å². The smallest absolute Gasteiger partial charge is 0.266 e. The van der Waals surface area contributed by atoms with E-state index in [2.05, 4.69) is 10.3 Å². The molecule has 5 nitrogen and oxygen atoms in total. The number of anilines is 1. The van der Waals surface area contributed by atoms with Crippen LogP contribution in [0.1, 0.15) is 12.5 Å². The summed E-state index contributed by atoms with van der Waals surface area (Å²) < 4.78 is 5.59. The Bertz CT molecular complexity index is 898. The van der Waals surface area contributed by atoms with Gasteiger partial charge < -0.3 is 4.74 Å². The molecule has 0 radical (unpaired) electrons. The summed E-state index contributed by atoms with van der Waals surface area (Å²) in [6, 6.07) is 18.4. The van der Waals surface area contributed by atoms with Gasteiger partial charge in [-0.25, -0.2) is 4.98 Å². The van der Waals surface area contributed by atoms with Crippen LogP contribution in [-0.2, 0) is 4.79 Å². The molecule has 0 saturated heterocycles. The number of rotatable bonds is 5. The molecule has 0 aliphatic heterocycles. The molecule has 2 aromatic carbocycles. The zero-order chi connectivity index (χ0) is 17.6. The van der Waals surface area contributed by atoms with E-state index >= 15 is 0 Å². The van der Waals surface area contributed by atoms with Gasteiger partial charge in [-0.1, -0.05) is 30.3 Å². The predicted molar refractivity (Wildman–Crippen MR) is 97.4 cm³/mol. The first-order chi connectivity index (χ1) is 12.2. The van der Waals surface area contributed by atoms with Crippen LogP contribution in [-0.4, -0.2) is 17.0 Å². The molecule has 1 amide bonds. The monoisotopic (exact) mass is 349 g/mol. The van der Waals surface area contributed by atoms with Gasteiger partial charge in [0.05, 0.1) is 17.3 Å². The summed E-state index contributed by atoms with van der Waals surface area (Å²) in [5.41, 5.74) is 2.36. The highest BCUT2D eigenvalue weighted by molar-refractivity contribution is 7.14. The number of nitrogens with zero attached hydrogens (tertiary/aromatic N) is 2. The van der Waals surface area contributed by atoms with Crippen LogP contribution in [0.4, 0.5) is 5.13 Å². The molecule has 3 aromatic rings. The van der Waals surface area contributed by atoms with Crippen molar-refractivity contribution in [2.45, 2.75) is 13.0 Å². The SMILES string of the molecule is CC(Oc1ccc(C#N)cc1)C(=O)Nc1nc(-c2ccccc2)cs1. The van der Waals surface area contributed by atoms with Crippen molar-refractivity contribution < 1.29 is 9.53 Å². The van der Waals surface area contributed by atoms with Crippen LogP contribution in [0, 0.1) is 11.3 Å². The van der Waals surface area contributed by atoms with Crippen molar-refractivity contribution in [1.82, 2.24) is 4.98 Å². The molecule has 0 spiro atoms. The van der Waals surface area contributed by atoms with E-state index in [4.69, 9.17) is 10.00 Å². The third-order valence-corrected chi connectivity index (χ3v) is 4.23. The van der Waals surface area contributed by atoms with E-state index in [-0.39, 0.29) is 5.91 Å². The second-order valence-corrected chi connectivity index (χ2v) is 6.15. The number of carbonyl (C=O) groups excluding carboxylic acids is 1. The Kier molecular flexibility index (Phi) is 5.07. The van der Waals surface area contributed by atoms with Gasteiger partial charge in [0.2, 0.25) is 0 Å². The van der Waals surface area contributed by atoms with Crippen molar-refractivity contribution >= 4 is 22.4 Å². The average molecular weight is 349 g/mol. The number of benzene rings is 2. The van der Waals surface area contributed by atoms with Gasteiger partial charge in [0.25, 0.3) is 5.91 Å². The summed E-state index contributed by atoms with van der Waals surface area (Å²) in [6.07, 6.45) is -0.683. The Labute approximate surface area is 149 Å². The summed E-state index contributed by atoms with van der Waals surface area (Å²) in [5, 5.41) is 14.0. The second kappa shape index (κ2) is 7.60. The van der Waals surface area contributed by atoms with Gasteiger partial charge in [-0.05, 0) is 31.2 Å². The Balaban J connectivity index is 1.61. The molecule has 3 rings (SSSR count). The first kappa shape index (κ1) is 16.7. The summed E-state index contributed by atoms with van der Waals surface area (Å²) in [6.45, 7) is 1.67. The zero-order valence-corrected chi connectivity index (χ0v) is 14.3. The molecule has 1 atom stereocenters. The van der Waals surface area contributed by atoms with E-state index in [1.807, 2.05) is 41.8 Å². The third-order valence-electron chi connectivity index (χ3n) is 3.47. The lowest BCUT2D eigenvalue weighted by atomic mass is 10.2. The molecule has 1 aromatic heterocycles. The minimum atomic E-state index is -0.683. The van der Waals surface area contributed by atoms with Crippen molar-refractivity contribution in [3.63, 3.8) is 0 Å². The highest BCUT2D eigenvalue weighted by Gasteiger charge is 2.16. The van der Waals surface area contributed by atoms with Gasteiger partial charge in [0.1, 0.15) is 5.75 Å². The largest absolute Gasteiger partial charge is 0.481 e. The first-order valence-corrected chi connectivity index (χ1v) is 8.52. The van der Waals surface area contributed by atoms with Crippen LogP contribution < -0.4 is 10.1 Å². The fourth-order valence-corrected chi connectivity index (χ4v) is 2.87. The standard InChI is InChI=1S/C19H15N3O2S/c1-13(24-16-9-7-14(11-20)8-10-16)18(23)22-19-21-17(12-25-19)15-5-3-2-4-6-15/h2-10,12-13H,1H3,(H,21,22,23). The molecule has 6 heteroatoms. The topological polar surface area (TPSA) is 75.0 Å². The minimum absolute atomic E-state index is 0.279. The molecular weight excluding hydrogens is 334 g/mol. The fourth-order valence-electron chi connectivity index (χ4n) is 2.15. The predicted octanol–water partition coefficient (Wildman–Crippen LogP) is 4.09. The number of hydrogen-bond acceptors (Lipinski definition) is 5. The number of carbonyl (C=O) groups is 1. The summed E-state index contributed by atoms with van der Waals surface area (Å²) >= 11 is 1.37. The molecule has 124 valence electrons. The summed E-state index contributed by atoms with van der Waals surface area (Å²) in [5.74, 6) is 0.254. The maximum atomic E-state index is 12.3. The number of aromatic nitrogens is 1. The maximum Gasteiger partial charge on any atom is 0.266 e. The van der Waals surface area contributed by atoms with E-state index in [1.54, 1.807) is 31.2 Å². The molecule has 0 fully saturated rings. The maximum absolute atomic E-state index is 12.3. The van der Waals surface area contributed by atoms with Gasteiger partial charge in [0, 0.05) is 10.9 Å². The van der Waals surface area contributed by atoms with Gasteiger partial charge in [-0.2, -0.15) is 5.26 Å². The second-order valence-electron chi connectivity index (χ2n) is 5.29. The van der Waals surface area contributed by atoms with Crippen LogP contribution in [0.25, 0.3) is 11.3 Å². The van der Waals surface area contributed by atoms with Crippen LogP contribution in [0.3, 0.4) is 0 Å². The molecule has 0 aliphatic carbocycles. The normalized spacial score (nSPS) is 11.4. The highest BCUT2D eigenvalue weighted by Crippen LogP contribution is 2.24. The molecule has 1 N–H and O–H groups in total. The number of hydrogen-bond donors (Lipinski definition) is 1. The Hall–Kier alpha value is -3.17. The van der Waals surface area contributed by atoms with Crippen molar-refractivity contribution in [1.29, 1.82) is 5.26 Å². The van der Waals surface area contributed by atoms with Crippen molar-refractivity contribution in [3.05, 3.63) is 65.5 Å². The zero-order valence-electron chi connectivity index (χ0n) is 13.5. The summed E-state index contributed by atoms with van der Waals surface area (Å²) in [7, 11) is 0. The van der Waals surface area contributed by atoms with Crippen molar-refractivity contribution in [3.8, 4) is 23.1 Å².